The lowest BCUT2D eigenvalue weighted by atomic mass is 9.61. The molecule has 0 bridgehead atoms. The van der Waals surface area contributed by atoms with Crippen molar-refractivity contribution in [1.82, 2.24) is 4.98 Å². The van der Waals surface area contributed by atoms with Gasteiger partial charge in [-0.2, -0.15) is 13.2 Å². The molecule has 1 aromatic heterocycles. The van der Waals surface area contributed by atoms with Gasteiger partial charge >= 0.3 is 6.18 Å². The van der Waals surface area contributed by atoms with Crippen LogP contribution in [0.1, 0.15) is 31.4 Å². The van der Waals surface area contributed by atoms with Gasteiger partial charge in [0.2, 0.25) is 11.3 Å². The molecule has 3 aromatic rings. The van der Waals surface area contributed by atoms with Gasteiger partial charge in [-0.25, -0.2) is 4.39 Å². The zero-order valence-corrected chi connectivity index (χ0v) is 16.3. The first-order chi connectivity index (χ1) is 13.9. The van der Waals surface area contributed by atoms with Crippen molar-refractivity contribution in [3.63, 3.8) is 0 Å². The van der Waals surface area contributed by atoms with E-state index in [1.54, 1.807) is 18.2 Å². The lowest BCUT2D eigenvalue weighted by molar-refractivity contribution is -0.327. The Kier molecular flexibility index (Phi) is 4.38. The van der Waals surface area contributed by atoms with Crippen molar-refractivity contribution in [2.75, 3.05) is 5.32 Å². The zero-order chi connectivity index (χ0) is 21.9. The maximum atomic E-state index is 15.0. The molecule has 0 spiro atoms. The summed E-state index contributed by atoms with van der Waals surface area (Å²) in [6.07, 6.45) is -3.15. The molecule has 4 rings (SSSR count). The van der Waals surface area contributed by atoms with Crippen LogP contribution in [0.5, 0.6) is 0 Å². The number of aliphatic hydroxyl groups is 2. The number of alkyl halides is 3. The summed E-state index contributed by atoms with van der Waals surface area (Å²) in [6.45, 7) is 2.95. The van der Waals surface area contributed by atoms with Gasteiger partial charge in [0, 0.05) is 34.4 Å². The van der Waals surface area contributed by atoms with Gasteiger partial charge in [0.05, 0.1) is 0 Å². The van der Waals surface area contributed by atoms with Crippen molar-refractivity contribution in [2.24, 2.45) is 0 Å². The predicted octanol–water partition coefficient (Wildman–Crippen LogP) is 4.61. The molecule has 2 aromatic carbocycles. The van der Waals surface area contributed by atoms with E-state index in [1.807, 2.05) is 0 Å². The minimum Gasteiger partial charge on any atom is -0.376 e. The number of anilines is 1. The van der Waals surface area contributed by atoms with Crippen molar-refractivity contribution in [1.29, 1.82) is 0 Å². The molecule has 0 amide bonds. The molecule has 30 heavy (non-hydrogen) atoms. The second kappa shape index (κ2) is 6.39. The fourth-order valence-corrected chi connectivity index (χ4v) is 4.42. The lowest BCUT2D eigenvalue weighted by Gasteiger charge is -2.53. The Morgan fingerprint density at radius 1 is 1.03 bits per heavy atom. The third-order valence-electron chi connectivity index (χ3n) is 5.87. The molecule has 8 heteroatoms. The first-order valence-electron chi connectivity index (χ1n) is 9.33. The highest BCUT2D eigenvalue weighted by Crippen LogP contribution is 2.57. The number of pyridine rings is 1. The molecule has 1 aliphatic carbocycles. The van der Waals surface area contributed by atoms with Crippen LogP contribution in [0.25, 0.3) is 10.8 Å². The van der Waals surface area contributed by atoms with Crippen molar-refractivity contribution >= 4 is 16.5 Å². The van der Waals surface area contributed by atoms with Crippen LogP contribution in [0.4, 0.5) is 23.2 Å². The highest BCUT2D eigenvalue weighted by Gasteiger charge is 2.72. The van der Waals surface area contributed by atoms with Gasteiger partial charge in [-0.3, -0.25) is 4.98 Å². The monoisotopic (exact) mass is 420 g/mol. The third kappa shape index (κ3) is 2.78. The van der Waals surface area contributed by atoms with E-state index in [4.69, 9.17) is 0 Å². The van der Waals surface area contributed by atoms with Crippen LogP contribution < -0.4 is 5.32 Å². The minimum absolute atomic E-state index is 0.106. The first kappa shape index (κ1) is 20.6. The number of fused-ring (bicyclic) bond motifs is 2. The number of benzene rings is 2. The predicted molar refractivity (Wildman–Crippen MR) is 104 cm³/mol. The molecule has 0 radical (unpaired) electrons. The molecule has 0 saturated carbocycles. The van der Waals surface area contributed by atoms with Crippen LogP contribution in [0, 0.1) is 5.82 Å². The number of halogens is 4. The Labute approximate surface area is 170 Å². The third-order valence-corrected chi connectivity index (χ3v) is 5.87. The Bertz CT molecular complexity index is 1130. The summed E-state index contributed by atoms with van der Waals surface area (Å²) in [6, 6.07) is 10.1. The molecule has 158 valence electrons. The number of hydrogen-bond donors (Lipinski definition) is 3. The summed E-state index contributed by atoms with van der Waals surface area (Å²) in [5, 5.41) is 25.9. The Hall–Kier alpha value is -2.71. The summed E-state index contributed by atoms with van der Waals surface area (Å²) in [5.41, 5.74) is -8.40. The van der Waals surface area contributed by atoms with E-state index < -0.39 is 40.7 Å². The molecule has 1 aliphatic rings. The van der Waals surface area contributed by atoms with Gasteiger partial charge in [-0.15, -0.1) is 0 Å². The maximum absolute atomic E-state index is 15.0. The number of nitrogens with one attached hydrogen (secondary N) is 1. The molecule has 2 unspecified atom stereocenters. The standard InChI is InChI=1S/C22H20F4N2O2/c1-19(2)12-20(29,22(24,25)26)21(30,18-15(19)6-4-7-16(18)23)28-17-8-3-5-13-11-27-10-9-14(13)17/h3-11,28-30H,12H2,1-2H3. The van der Waals surface area contributed by atoms with E-state index in [1.165, 1.54) is 44.4 Å². The lowest BCUT2D eigenvalue weighted by Crippen LogP contribution is -2.69. The molecule has 1 heterocycles. The van der Waals surface area contributed by atoms with Crippen molar-refractivity contribution < 1.29 is 27.8 Å². The molecule has 4 nitrogen and oxygen atoms in total. The fourth-order valence-electron chi connectivity index (χ4n) is 4.42. The highest BCUT2D eigenvalue weighted by molar-refractivity contribution is 5.93. The highest BCUT2D eigenvalue weighted by atomic mass is 19.4. The van der Waals surface area contributed by atoms with Crippen molar-refractivity contribution in [3.8, 4) is 0 Å². The van der Waals surface area contributed by atoms with Crippen LogP contribution in [-0.4, -0.2) is 27.0 Å². The van der Waals surface area contributed by atoms with Gasteiger partial charge in [-0.05, 0) is 35.6 Å². The Morgan fingerprint density at radius 2 is 1.73 bits per heavy atom. The largest absolute Gasteiger partial charge is 0.422 e. The van der Waals surface area contributed by atoms with Gasteiger partial charge in [0.1, 0.15) is 5.82 Å². The van der Waals surface area contributed by atoms with Gasteiger partial charge in [0.25, 0.3) is 0 Å². The van der Waals surface area contributed by atoms with Crippen molar-refractivity contribution in [3.05, 3.63) is 71.8 Å². The second-order valence-corrected chi connectivity index (χ2v) is 8.32. The van der Waals surface area contributed by atoms with Crippen LogP contribution in [-0.2, 0) is 11.1 Å². The minimum atomic E-state index is -5.25. The SMILES string of the molecule is CC1(C)CC(O)(C(F)(F)F)C(O)(Nc2cccc3cnccc23)c2c(F)cccc21. The molecule has 0 saturated heterocycles. The number of aromatic nitrogens is 1. The van der Waals surface area contributed by atoms with Gasteiger partial charge in [0.15, 0.2) is 0 Å². The Balaban J connectivity index is 2.03. The van der Waals surface area contributed by atoms with E-state index >= 15 is 0 Å². The normalized spacial score (nSPS) is 25.7. The average Bonchev–Trinajstić information content (AvgIpc) is 2.65. The quantitative estimate of drug-likeness (QED) is 0.419. The zero-order valence-electron chi connectivity index (χ0n) is 16.3. The molecule has 0 aliphatic heterocycles. The summed E-state index contributed by atoms with van der Waals surface area (Å²) < 4.78 is 57.6. The Morgan fingerprint density at radius 3 is 2.43 bits per heavy atom. The van der Waals surface area contributed by atoms with Crippen molar-refractivity contribution in [2.45, 2.75) is 43.2 Å². The van der Waals surface area contributed by atoms with Crippen LogP contribution in [0.3, 0.4) is 0 Å². The summed E-state index contributed by atoms with van der Waals surface area (Å²) in [5.74, 6) is -1.04. The number of hydrogen-bond acceptors (Lipinski definition) is 4. The topological polar surface area (TPSA) is 65.4 Å². The maximum Gasteiger partial charge on any atom is 0.422 e. The van der Waals surface area contributed by atoms with E-state index in [0.717, 1.165) is 6.07 Å². The van der Waals surface area contributed by atoms with Gasteiger partial charge in [-0.1, -0.05) is 38.1 Å². The van der Waals surface area contributed by atoms with E-state index in [2.05, 4.69) is 10.3 Å². The van der Waals surface area contributed by atoms with E-state index in [-0.39, 0.29) is 11.3 Å². The van der Waals surface area contributed by atoms with E-state index in [9.17, 15) is 27.8 Å². The molecular weight excluding hydrogens is 400 g/mol. The van der Waals surface area contributed by atoms with E-state index in [0.29, 0.717) is 10.8 Å². The smallest absolute Gasteiger partial charge is 0.376 e. The second-order valence-electron chi connectivity index (χ2n) is 8.32. The van der Waals surface area contributed by atoms with Crippen LogP contribution in [0.2, 0.25) is 0 Å². The first-order valence-corrected chi connectivity index (χ1v) is 9.33. The average molecular weight is 420 g/mol. The summed E-state index contributed by atoms with van der Waals surface area (Å²) in [7, 11) is 0. The molecule has 3 N–H and O–H groups in total. The summed E-state index contributed by atoms with van der Waals surface area (Å²) >= 11 is 0. The summed E-state index contributed by atoms with van der Waals surface area (Å²) in [4.78, 5) is 3.98. The molecule has 2 atom stereocenters. The number of nitrogens with zero attached hydrogens (tertiary/aromatic N) is 1. The molecular formula is C22H20F4N2O2. The van der Waals surface area contributed by atoms with Crippen LogP contribution in [0.15, 0.2) is 54.9 Å². The molecule has 0 fully saturated rings. The number of rotatable bonds is 2. The van der Waals surface area contributed by atoms with Crippen LogP contribution >= 0.6 is 0 Å². The van der Waals surface area contributed by atoms with Gasteiger partial charge < -0.3 is 15.5 Å². The fraction of sp³-hybridized carbons (Fsp3) is 0.318.